The molecule has 8 nitrogen and oxygen atoms in total. The third-order valence-electron chi connectivity index (χ3n) is 3.02. The van der Waals surface area contributed by atoms with Gasteiger partial charge in [0.2, 0.25) is 0 Å². The summed E-state index contributed by atoms with van der Waals surface area (Å²) in [5.41, 5.74) is 0.479. The summed E-state index contributed by atoms with van der Waals surface area (Å²) in [6.07, 6.45) is 0. The van der Waals surface area contributed by atoms with Crippen LogP contribution in [0.1, 0.15) is 21.8 Å². The molecule has 0 bridgehead atoms. The van der Waals surface area contributed by atoms with Crippen LogP contribution in [-0.2, 0) is 0 Å². The summed E-state index contributed by atoms with van der Waals surface area (Å²) in [6, 6.07) is 4.15. The Hall–Kier alpha value is -2.90. The molecule has 0 saturated carbocycles. The Morgan fingerprint density at radius 2 is 2.14 bits per heavy atom. The molecule has 0 saturated heterocycles. The highest BCUT2D eigenvalue weighted by molar-refractivity contribution is 6.05. The molecule has 1 heterocycles. The van der Waals surface area contributed by atoms with Gasteiger partial charge in [0.25, 0.3) is 11.6 Å². The van der Waals surface area contributed by atoms with Crippen molar-refractivity contribution in [2.24, 2.45) is 0 Å². The lowest BCUT2D eigenvalue weighted by atomic mass is 10.2. The molecule has 1 aromatic heterocycles. The lowest BCUT2D eigenvalue weighted by molar-refractivity contribution is -0.384. The zero-order chi connectivity index (χ0) is 15.6. The van der Waals surface area contributed by atoms with Crippen LogP contribution in [0, 0.1) is 24.0 Å². The number of methoxy groups -OCH3 is 1. The van der Waals surface area contributed by atoms with E-state index >= 15 is 0 Å². The monoisotopic (exact) mass is 291 g/mol. The Morgan fingerprint density at radius 3 is 2.67 bits per heavy atom. The molecule has 0 aliphatic rings. The maximum Gasteiger partial charge on any atom is 0.296 e. The Bertz CT molecular complexity index is 708. The number of anilines is 1. The number of hydrogen-bond donors (Lipinski definition) is 1. The van der Waals surface area contributed by atoms with Crippen molar-refractivity contribution in [1.29, 1.82) is 0 Å². The van der Waals surface area contributed by atoms with Crippen LogP contribution >= 0.6 is 0 Å². The summed E-state index contributed by atoms with van der Waals surface area (Å²) in [5.74, 6) is 0.273. The van der Waals surface area contributed by atoms with E-state index in [1.54, 1.807) is 13.8 Å². The molecular weight excluding hydrogens is 278 g/mol. The van der Waals surface area contributed by atoms with E-state index in [2.05, 4.69) is 10.5 Å². The summed E-state index contributed by atoms with van der Waals surface area (Å²) in [4.78, 5) is 22.5. The van der Waals surface area contributed by atoms with E-state index in [4.69, 9.17) is 9.26 Å². The van der Waals surface area contributed by atoms with E-state index in [0.29, 0.717) is 17.1 Å². The fourth-order valence-electron chi connectivity index (χ4n) is 1.71. The first-order valence-electron chi connectivity index (χ1n) is 6.00. The summed E-state index contributed by atoms with van der Waals surface area (Å²) in [6.45, 7) is 3.36. The van der Waals surface area contributed by atoms with Gasteiger partial charge >= 0.3 is 0 Å². The SMILES string of the molecule is COc1ccc(NC(=O)c2noc(C)c2C)c([N+](=O)[O-])c1. The van der Waals surface area contributed by atoms with Crippen LogP contribution in [0.2, 0.25) is 0 Å². The van der Waals surface area contributed by atoms with Gasteiger partial charge in [0.05, 0.1) is 18.1 Å². The number of aryl methyl sites for hydroxylation is 1. The minimum absolute atomic E-state index is 0.0610. The molecule has 21 heavy (non-hydrogen) atoms. The van der Waals surface area contributed by atoms with E-state index in [1.807, 2.05) is 0 Å². The molecule has 1 amide bonds. The number of aromatic nitrogens is 1. The molecule has 0 spiro atoms. The zero-order valence-electron chi connectivity index (χ0n) is 11.7. The quantitative estimate of drug-likeness (QED) is 0.684. The zero-order valence-corrected chi connectivity index (χ0v) is 11.7. The number of benzene rings is 1. The number of nitro benzene ring substituents is 1. The number of carbonyl (C=O) groups is 1. The molecule has 2 aromatic rings. The average Bonchev–Trinajstić information content (AvgIpc) is 2.79. The Morgan fingerprint density at radius 1 is 1.43 bits per heavy atom. The molecule has 1 N–H and O–H groups in total. The van der Waals surface area contributed by atoms with Crippen molar-refractivity contribution in [1.82, 2.24) is 5.16 Å². The average molecular weight is 291 g/mol. The van der Waals surface area contributed by atoms with Crippen LogP contribution < -0.4 is 10.1 Å². The van der Waals surface area contributed by atoms with E-state index in [0.717, 1.165) is 0 Å². The number of nitro groups is 1. The van der Waals surface area contributed by atoms with Crippen molar-refractivity contribution in [3.05, 3.63) is 45.3 Å². The number of ether oxygens (including phenoxy) is 1. The molecule has 0 aliphatic heterocycles. The van der Waals surface area contributed by atoms with Gasteiger partial charge in [0.1, 0.15) is 17.2 Å². The maximum absolute atomic E-state index is 12.1. The number of amides is 1. The van der Waals surface area contributed by atoms with E-state index in [9.17, 15) is 14.9 Å². The molecule has 2 rings (SSSR count). The molecule has 110 valence electrons. The minimum Gasteiger partial charge on any atom is -0.496 e. The van der Waals surface area contributed by atoms with Crippen molar-refractivity contribution in [3.63, 3.8) is 0 Å². The van der Waals surface area contributed by atoms with Crippen LogP contribution in [-0.4, -0.2) is 23.1 Å². The number of carbonyl (C=O) groups excluding carboxylic acids is 1. The molecule has 8 heteroatoms. The smallest absolute Gasteiger partial charge is 0.296 e. The lowest BCUT2D eigenvalue weighted by Gasteiger charge is -2.06. The topological polar surface area (TPSA) is 108 Å². The highest BCUT2D eigenvalue weighted by Gasteiger charge is 2.21. The first-order chi connectivity index (χ1) is 9.93. The molecule has 0 aliphatic carbocycles. The van der Waals surface area contributed by atoms with Crippen molar-refractivity contribution in [2.75, 3.05) is 12.4 Å². The second-order valence-corrected chi connectivity index (χ2v) is 4.31. The molecular formula is C13H13N3O5. The minimum atomic E-state index is -0.598. The van der Waals surface area contributed by atoms with Gasteiger partial charge < -0.3 is 14.6 Å². The second kappa shape index (κ2) is 5.61. The highest BCUT2D eigenvalue weighted by Crippen LogP contribution is 2.29. The fraction of sp³-hybridized carbons (Fsp3) is 0.231. The van der Waals surface area contributed by atoms with E-state index in [-0.39, 0.29) is 17.1 Å². The summed E-state index contributed by atoms with van der Waals surface area (Å²) >= 11 is 0. The van der Waals surface area contributed by atoms with Gasteiger partial charge in [-0.15, -0.1) is 0 Å². The maximum atomic E-state index is 12.1. The van der Waals surface area contributed by atoms with Crippen molar-refractivity contribution in [2.45, 2.75) is 13.8 Å². The fourth-order valence-corrected chi connectivity index (χ4v) is 1.71. The van der Waals surface area contributed by atoms with Gasteiger partial charge in [0, 0.05) is 5.56 Å². The van der Waals surface area contributed by atoms with Gasteiger partial charge in [0.15, 0.2) is 5.69 Å². The number of nitrogens with one attached hydrogen (secondary N) is 1. The second-order valence-electron chi connectivity index (χ2n) is 4.31. The Labute approximate surface area is 119 Å². The molecule has 0 unspecified atom stereocenters. The molecule has 0 fully saturated rings. The lowest BCUT2D eigenvalue weighted by Crippen LogP contribution is -2.14. The van der Waals surface area contributed by atoms with E-state index < -0.39 is 10.8 Å². The Kier molecular flexibility index (Phi) is 3.88. The predicted octanol–water partition coefficient (Wildman–Crippen LogP) is 2.46. The van der Waals surface area contributed by atoms with Crippen LogP contribution in [0.4, 0.5) is 11.4 Å². The molecule has 0 atom stereocenters. The van der Waals surface area contributed by atoms with Crippen molar-refractivity contribution < 1.29 is 19.0 Å². The third-order valence-corrected chi connectivity index (χ3v) is 3.02. The number of nitrogens with zero attached hydrogens (tertiary/aromatic N) is 2. The number of hydrogen-bond acceptors (Lipinski definition) is 6. The van der Waals surface area contributed by atoms with Crippen LogP contribution in [0.15, 0.2) is 22.7 Å². The summed E-state index contributed by atoms with van der Waals surface area (Å²) in [7, 11) is 1.40. The highest BCUT2D eigenvalue weighted by atomic mass is 16.6. The van der Waals surface area contributed by atoms with Gasteiger partial charge in [-0.05, 0) is 26.0 Å². The van der Waals surface area contributed by atoms with Gasteiger partial charge in [-0.25, -0.2) is 0 Å². The largest absolute Gasteiger partial charge is 0.496 e. The van der Waals surface area contributed by atoms with Crippen LogP contribution in [0.5, 0.6) is 5.75 Å². The number of rotatable bonds is 4. The standard InChI is InChI=1S/C13H13N3O5/c1-7-8(2)21-15-12(7)13(17)14-10-5-4-9(20-3)6-11(10)16(18)19/h4-6H,1-3H3,(H,14,17). The molecule has 0 radical (unpaired) electrons. The van der Waals surface area contributed by atoms with Crippen molar-refractivity contribution in [3.8, 4) is 5.75 Å². The first kappa shape index (κ1) is 14.5. The first-order valence-corrected chi connectivity index (χ1v) is 6.00. The predicted molar refractivity (Wildman–Crippen MR) is 73.6 cm³/mol. The van der Waals surface area contributed by atoms with Crippen LogP contribution in [0.25, 0.3) is 0 Å². The van der Waals surface area contributed by atoms with Crippen LogP contribution in [0.3, 0.4) is 0 Å². The van der Waals surface area contributed by atoms with Gasteiger partial charge in [-0.3, -0.25) is 14.9 Å². The Balaban J connectivity index is 2.33. The molecule has 1 aromatic carbocycles. The summed E-state index contributed by atoms with van der Waals surface area (Å²) < 4.78 is 9.83. The summed E-state index contributed by atoms with van der Waals surface area (Å²) in [5, 5.41) is 17.1. The third kappa shape index (κ3) is 2.83. The normalized spacial score (nSPS) is 10.2. The van der Waals surface area contributed by atoms with Gasteiger partial charge in [-0.1, -0.05) is 5.16 Å². The van der Waals surface area contributed by atoms with Gasteiger partial charge in [-0.2, -0.15) is 0 Å². The van der Waals surface area contributed by atoms with Crippen molar-refractivity contribution >= 4 is 17.3 Å². The van der Waals surface area contributed by atoms with E-state index in [1.165, 1.54) is 25.3 Å².